The standard InChI is InChI=1S/C17H19Cl2N3O3.ClH/c1-10-5-11(7-20)8-22(10)17(23)15-6-12(25-21-15)9-24-16-13(18)3-2-4-14(16)19;/h2-4,6,10-11H,5,7-9,20H2,1H3;1H. The zero-order valence-electron chi connectivity index (χ0n) is 14.2. The van der Waals surface area contributed by atoms with E-state index in [1.807, 2.05) is 6.92 Å². The zero-order valence-corrected chi connectivity index (χ0v) is 16.5. The van der Waals surface area contributed by atoms with E-state index in [-0.39, 0.29) is 36.7 Å². The Bertz CT molecular complexity index is 748. The van der Waals surface area contributed by atoms with Crippen LogP contribution in [0.25, 0.3) is 0 Å². The van der Waals surface area contributed by atoms with Gasteiger partial charge in [0.15, 0.2) is 17.2 Å². The molecule has 2 aromatic rings. The number of nitrogens with zero attached hydrogens (tertiary/aromatic N) is 2. The molecular formula is C17H20Cl3N3O3. The van der Waals surface area contributed by atoms with Crippen molar-refractivity contribution in [2.75, 3.05) is 13.1 Å². The first-order chi connectivity index (χ1) is 12.0. The van der Waals surface area contributed by atoms with Gasteiger partial charge in [0.1, 0.15) is 6.61 Å². The molecule has 1 aliphatic rings. The van der Waals surface area contributed by atoms with Crippen molar-refractivity contribution in [2.45, 2.75) is 26.0 Å². The molecule has 26 heavy (non-hydrogen) atoms. The summed E-state index contributed by atoms with van der Waals surface area (Å²) in [6, 6.07) is 6.81. The van der Waals surface area contributed by atoms with Gasteiger partial charge in [0.25, 0.3) is 5.91 Å². The number of likely N-dealkylation sites (tertiary alicyclic amines) is 1. The number of hydrogen-bond donors (Lipinski definition) is 1. The molecule has 2 unspecified atom stereocenters. The molecular weight excluding hydrogens is 401 g/mol. The first-order valence-corrected chi connectivity index (χ1v) is 8.78. The molecule has 0 bridgehead atoms. The van der Waals surface area contributed by atoms with E-state index >= 15 is 0 Å². The number of aromatic nitrogens is 1. The number of ether oxygens (including phenoxy) is 1. The average molecular weight is 421 g/mol. The number of amides is 1. The lowest BCUT2D eigenvalue weighted by Gasteiger charge is -2.19. The van der Waals surface area contributed by atoms with Crippen LogP contribution in [0.2, 0.25) is 10.0 Å². The smallest absolute Gasteiger partial charge is 0.276 e. The number of halogens is 3. The maximum Gasteiger partial charge on any atom is 0.276 e. The minimum atomic E-state index is -0.158. The summed E-state index contributed by atoms with van der Waals surface area (Å²) < 4.78 is 10.8. The molecule has 9 heteroatoms. The third kappa shape index (κ3) is 4.43. The highest BCUT2D eigenvalue weighted by Gasteiger charge is 2.33. The number of rotatable bonds is 5. The number of carbonyl (C=O) groups excluding carboxylic acids is 1. The monoisotopic (exact) mass is 419 g/mol. The summed E-state index contributed by atoms with van der Waals surface area (Å²) in [5.74, 6) is 0.959. The lowest BCUT2D eigenvalue weighted by atomic mass is 10.1. The maximum absolute atomic E-state index is 12.6. The molecule has 3 rings (SSSR count). The molecule has 1 aliphatic heterocycles. The molecule has 0 radical (unpaired) electrons. The van der Waals surface area contributed by atoms with E-state index in [0.29, 0.717) is 40.6 Å². The molecule has 1 saturated heterocycles. The number of carbonyl (C=O) groups is 1. The van der Waals surface area contributed by atoms with Crippen LogP contribution in [0.4, 0.5) is 0 Å². The molecule has 0 aliphatic carbocycles. The second-order valence-electron chi connectivity index (χ2n) is 6.16. The Morgan fingerprint density at radius 2 is 2.12 bits per heavy atom. The number of benzene rings is 1. The molecule has 2 heterocycles. The summed E-state index contributed by atoms with van der Waals surface area (Å²) in [5.41, 5.74) is 5.97. The van der Waals surface area contributed by atoms with Crippen molar-refractivity contribution in [1.29, 1.82) is 0 Å². The predicted molar refractivity (Wildman–Crippen MR) is 102 cm³/mol. The van der Waals surface area contributed by atoms with Gasteiger partial charge in [0.05, 0.1) is 10.0 Å². The Kier molecular flexibility index (Phi) is 7.17. The molecule has 1 amide bonds. The molecule has 1 aromatic heterocycles. The average Bonchev–Trinajstić information content (AvgIpc) is 3.20. The second kappa shape index (κ2) is 8.95. The topological polar surface area (TPSA) is 81.6 Å². The highest BCUT2D eigenvalue weighted by molar-refractivity contribution is 6.37. The van der Waals surface area contributed by atoms with E-state index in [9.17, 15) is 4.79 Å². The normalized spacial score (nSPS) is 19.3. The van der Waals surface area contributed by atoms with Crippen molar-refractivity contribution >= 4 is 41.5 Å². The van der Waals surface area contributed by atoms with Crippen LogP contribution in [-0.4, -0.2) is 35.1 Å². The fourth-order valence-corrected chi connectivity index (χ4v) is 3.50. The van der Waals surface area contributed by atoms with Crippen molar-refractivity contribution in [3.63, 3.8) is 0 Å². The lowest BCUT2D eigenvalue weighted by Crippen LogP contribution is -2.34. The van der Waals surface area contributed by atoms with Gasteiger partial charge in [-0.1, -0.05) is 34.4 Å². The van der Waals surface area contributed by atoms with Gasteiger partial charge in [0, 0.05) is 18.7 Å². The Morgan fingerprint density at radius 1 is 1.42 bits per heavy atom. The number of nitrogens with two attached hydrogens (primary N) is 1. The quantitative estimate of drug-likeness (QED) is 0.796. The zero-order chi connectivity index (χ0) is 18.0. The van der Waals surface area contributed by atoms with Crippen LogP contribution in [-0.2, 0) is 6.61 Å². The fourth-order valence-electron chi connectivity index (χ4n) is 2.99. The molecule has 1 aromatic carbocycles. The van der Waals surface area contributed by atoms with Crippen LogP contribution in [0, 0.1) is 5.92 Å². The first kappa shape index (κ1) is 20.8. The van der Waals surface area contributed by atoms with Gasteiger partial charge in [-0.15, -0.1) is 12.4 Å². The van der Waals surface area contributed by atoms with E-state index in [4.69, 9.17) is 38.2 Å². The van der Waals surface area contributed by atoms with Crippen molar-refractivity contribution in [2.24, 2.45) is 11.7 Å². The van der Waals surface area contributed by atoms with Gasteiger partial charge in [-0.3, -0.25) is 4.79 Å². The van der Waals surface area contributed by atoms with Crippen molar-refractivity contribution in [3.8, 4) is 5.75 Å². The summed E-state index contributed by atoms with van der Waals surface area (Å²) >= 11 is 12.1. The van der Waals surface area contributed by atoms with Gasteiger partial charge in [-0.2, -0.15) is 0 Å². The fraction of sp³-hybridized carbons (Fsp3) is 0.412. The van der Waals surface area contributed by atoms with Gasteiger partial charge in [-0.25, -0.2) is 0 Å². The number of hydrogen-bond acceptors (Lipinski definition) is 5. The minimum absolute atomic E-state index is 0. The first-order valence-electron chi connectivity index (χ1n) is 8.03. The maximum atomic E-state index is 12.6. The molecule has 2 N–H and O–H groups in total. The van der Waals surface area contributed by atoms with E-state index in [2.05, 4.69) is 5.16 Å². The molecule has 6 nitrogen and oxygen atoms in total. The number of para-hydroxylation sites is 1. The van der Waals surface area contributed by atoms with Gasteiger partial charge < -0.3 is 19.9 Å². The Morgan fingerprint density at radius 3 is 2.73 bits per heavy atom. The van der Waals surface area contributed by atoms with Crippen LogP contribution in [0.3, 0.4) is 0 Å². The lowest BCUT2D eigenvalue weighted by molar-refractivity contribution is 0.0732. The Labute approximate surface area is 168 Å². The molecule has 142 valence electrons. The van der Waals surface area contributed by atoms with Crippen LogP contribution in [0.1, 0.15) is 29.6 Å². The predicted octanol–water partition coefficient (Wildman–Crippen LogP) is 3.79. The summed E-state index contributed by atoms with van der Waals surface area (Å²) in [5, 5.41) is 4.67. The van der Waals surface area contributed by atoms with Crippen LogP contribution in [0.15, 0.2) is 28.8 Å². The second-order valence-corrected chi connectivity index (χ2v) is 6.98. The highest BCUT2D eigenvalue weighted by Crippen LogP contribution is 2.33. The van der Waals surface area contributed by atoms with Gasteiger partial charge >= 0.3 is 0 Å². The van der Waals surface area contributed by atoms with Crippen molar-refractivity contribution in [1.82, 2.24) is 10.1 Å². The summed E-state index contributed by atoms with van der Waals surface area (Å²) in [6.45, 7) is 3.30. The highest BCUT2D eigenvalue weighted by atomic mass is 35.5. The van der Waals surface area contributed by atoms with Crippen LogP contribution < -0.4 is 10.5 Å². The summed E-state index contributed by atoms with van der Waals surface area (Å²) in [6.07, 6.45) is 0.904. The summed E-state index contributed by atoms with van der Waals surface area (Å²) in [7, 11) is 0. The molecule has 0 saturated carbocycles. The third-order valence-corrected chi connectivity index (χ3v) is 4.91. The van der Waals surface area contributed by atoms with E-state index < -0.39 is 0 Å². The Balaban J connectivity index is 0.00000243. The van der Waals surface area contributed by atoms with Crippen LogP contribution in [0.5, 0.6) is 5.75 Å². The van der Waals surface area contributed by atoms with Crippen molar-refractivity contribution in [3.05, 3.63) is 45.8 Å². The third-order valence-electron chi connectivity index (χ3n) is 4.31. The van der Waals surface area contributed by atoms with Crippen molar-refractivity contribution < 1.29 is 14.1 Å². The molecule has 0 spiro atoms. The molecule has 1 fully saturated rings. The SMILES string of the molecule is CC1CC(CN)CN1C(=O)c1cc(COc2c(Cl)cccc2Cl)on1.Cl. The Hall–Kier alpha value is -1.47. The van der Waals surface area contributed by atoms with Crippen LogP contribution >= 0.6 is 35.6 Å². The molecule has 2 atom stereocenters. The largest absolute Gasteiger partial charge is 0.482 e. The van der Waals surface area contributed by atoms with E-state index in [0.717, 1.165) is 6.42 Å². The minimum Gasteiger partial charge on any atom is -0.482 e. The van der Waals surface area contributed by atoms with E-state index in [1.54, 1.807) is 29.2 Å². The van der Waals surface area contributed by atoms with E-state index in [1.165, 1.54) is 0 Å². The van der Waals surface area contributed by atoms with Gasteiger partial charge in [0.2, 0.25) is 0 Å². The van der Waals surface area contributed by atoms with Gasteiger partial charge in [-0.05, 0) is 37.9 Å². The summed E-state index contributed by atoms with van der Waals surface area (Å²) in [4.78, 5) is 14.4.